The Hall–Kier alpha value is -1.64. The Morgan fingerprint density at radius 3 is 2.71 bits per heavy atom. The van der Waals surface area contributed by atoms with Crippen molar-refractivity contribution in [2.24, 2.45) is 0 Å². The zero-order valence-corrected chi connectivity index (χ0v) is 10.4. The van der Waals surface area contributed by atoms with Gasteiger partial charge in [0.15, 0.2) is 5.78 Å². The Balaban J connectivity index is 0.000000686. The smallest absolute Gasteiger partial charge is 0.160 e. The first-order chi connectivity index (χ1) is 8.18. The van der Waals surface area contributed by atoms with Crippen LogP contribution in [0.5, 0.6) is 5.75 Å². The third-order valence-electron chi connectivity index (χ3n) is 2.31. The minimum atomic E-state index is -0.436. The lowest BCUT2D eigenvalue weighted by Gasteiger charge is -2.09. The minimum absolute atomic E-state index is 0.152. The molecule has 17 heavy (non-hydrogen) atoms. The monoisotopic (exact) mass is 236 g/mol. The highest BCUT2D eigenvalue weighted by atomic mass is 19.1. The molecule has 0 bridgehead atoms. The summed E-state index contributed by atoms with van der Waals surface area (Å²) in [6.07, 6.45) is 4.52. The van der Waals surface area contributed by atoms with E-state index in [4.69, 9.17) is 4.74 Å². The maximum atomic E-state index is 13.2. The highest BCUT2D eigenvalue weighted by molar-refractivity contribution is 5.98. The fourth-order valence-electron chi connectivity index (χ4n) is 1.61. The van der Waals surface area contributed by atoms with E-state index in [0.29, 0.717) is 23.5 Å². The van der Waals surface area contributed by atoms with Gasteiger partial charge in [-0.1, -0.05) is 26.0 Å². The third-order valence-corrected chi connectivity index (χ3v) is 2.31. The number of carbonyl (C=O) groups is 1. The first kappa shape index (κ1) is 13.4. The molecule has 2 rings (SSSR count). The number of Topliss-reactive ketones (excluding diaryl/α,β-unsaturated/α-hetero) is 1. The van der Waals surface area contributed by atoms with Crippen molar-refractivity contribution in [3.05, 3.63) is 35.2 Å². The van der Waals surface area contributed by atoms with Gasteiger partial charge in [-0.25, -0.2) is 4.39 Å². The van der Waals surface area contributed by atoms with Gasteiger partial charge in [0, 0.05) is 17.2 Å². The molecule has 0 aromatic heterocycles. The number of fused-ring (bicyclic) bond motifs is 1. The van der Waals surface area contributed by atoms with Gasteiger partial charge in [-0.3, -0.25) is 4.79 Å². The lowest BCUT2D eigenvalue weighted by Crippen LogP contribution is -2.01. The summed E-state index contributed by atoms with van der Waals surface area (Å²) in [7, 11) is 0. The van der Waals surface area contributed by atoms with Gasteiger partial charge in [-0.15, -0.1) is 0 Å². The van der Waals surface area contributed by atoms with E-state index in [1.165, 1.54) is 19.1 Å². The van der Waals surface area contributed by atoms with E-state index in [-0.39, 0.29) is 5.78 Å². The number of hydrogen-bond donors (Lipinski definition) is 0. The van der Waals surface area contributed by atoms with Crippen LogP contribution in [0.25, 0.3) is 6.08 Å². The fourth-order valence-corrected chi connectivity index (χ4v) is 1.61. The second-order valence-electron chi connectivity index (χ2n) is 3.46. The molecule has 1 heterocycles. The van der Waals surface area contributed by atoms with Gasteiger partial charge in [0.1, 0.15) is 11.6 Å². The Bertz CT molecular complexity index is 436. The summed E-state index contributed by atoms with van der Waals surface area (Å²) in [5.74, 6) is -0.135. The molecule has 0 spiro atoms. The molecule has 1 aliphatic rings. The summed E-state index contributed by atoms with van der Waals surface area (Å²) in [4.78, 5) is 11.3. The van der Waals surface area contributed by atoms with Crippen LogP contribution in [0.1, 0.15) is 43.1 Å². The van der Waals surface area contributed by atoms with Crippen molar-refractivity contribution in [1.29, 1.82) is 0 Å². The predicted molar refractivity (Wildman–Crippen MR) is 66.9 cm³/mol. The lowest BCUT2D eigenvalue weighted by atomic mass is 10.0. The number of ether oxygens (including phenoxy) is 1. The molecule has 0 unspecified atom stereocenters. The Morgan fingerprint density at radius 2 is 2.06 bits per heavy atom. The van der Waals surface area contributed by atoms with Gasteiger partial charge in [-0.2, -0.15) is 0 Å². The molecule has 0 radical (unpaired) electrons. The number of benzene rings is 1. The molecule has 2 nitrogen and oxygen atoms in total. The summed E-state index contributed by atoms with van der Waals surface area (Å²) >= 11 is 0. The van der Waals surface area contributed by atoms with E-state index < -0.39 is 5.82 Å². The number of hydrogen-bond acceptors (Lipinski definition) is 2. The van der Waals surface area contributed by atoms with Crippen LogP contribution in [0.15, 0.2) is 18.2 Å². The second kappa shape index (κ2) is 6.18. The standard InChI is InChI=1S/C12H11FO2.C2H6/c1-8(14)11-6-9(13)7-12-10(11)4-2-3-5-15-12;1-2/h2,4,6-7H,3,5H2,1H3;1-2H3. The molecule has 0 atom stereocenters. The largest absolute Gasteiger partial charge is 0.493 e. The van der Waals surface area contributed by atoms with Gasteiger partial charge in [0.25, 0.3) is 0 Å². The van der Waals surface area contributed by atoms with Gasteiger partial charge < -0.3 is 4.74 Å². The van der Waals surface area contributed by atoms with Gasteiger partial charge in [-0.05, 0) is 19.4 Å². The molecule has 0 aliphatic carbocycles. The van der Waals surface area contributed by atoms with E-state index in [9.17, 15) is 9.18 Å². The summed E-state index contributed by atoms with van der Waals surface area (Å²) in [6, 6.07) is 2.57. The lowest BCUT2D eigenvalue weighted by molar-refractivity contribution is 0.101. The second-order valence-corrected chi connectivity index (χ2v) is 3.46. The molecule has 0 saturated carbocycles. The quantitative estimate of drug-likeness (QED) is 0.692. The predicted octanol–water partition coefficient (Wildman–Crippen LogP) is 3.85. The van der Waals surface area contributed by atoms with Crippen molar-refractivity contribution >= 4 is 11.9 Å². The van der Waals surface area contributed by atoms with E-state index in [2.05, 4.69) is 0 Å². The number of halogens is 1. The van der Waals surface area contributed by atoms with Crippen molar-refractivity contribution in [1.82, 2.24) is 0 Å². The Kier molecular flexibility index (Phi) is 4.88. The molecule has 92 valence electrons. The molecule has 1 aromatic rings. The topological polar surface area (TPSA) is 26.3 Å². The summed E-state index contributed by atoms with van der Waals surface area (Å²) in [5.41, 5.74) is 1.06. The molecule has 0 fully saturated rings. The zero-order valence-electron chi connectivity index (χ0n) is 10.4. The molecule has 3 heteroatoms. The van der Waals surface area contributed by atoms with E-state index in [1.54, 1.807) is 0 Å². The first-order valence-corrected chi connectivity index (χ1v) is 5.82. The van der Waals surface area contributed by atoms with E-state index >= 15 is 0 Å². The van der Waals surface area contributed by atoms with Crippen molar-refractivity contribution in [2.45, 2.75) is 27.2 Å². The highest BCUT2D eigenvalue weighted by Crippen LogP contribution is 2.28. The first-order valence-electron chi connectivity index (χ1n) is 5.82. The van der Waals surface area contributed by atoms with E-state index in [0.717, 1.165) is 6.42 Å². The van der Waals surface area contributed by atoms with Crippen LogP contribution in [0.2, 0.25) is 0 Å². The number of ketones is 1. The van der Waals surface area contributed by atoms with Crippen LogP contribution < -0.4 is 4.74 Å². The number of rotatable bonds is 1. The van der Waals surface area contributed by atoms with Crippen LogP contribution in [0.3, 0.4) is 0 Å². The van der Waals surface area contributed by atoms with Crippen molar-refractivity contribution in [3.63, 3.8) is 0 Å². The van der Waals surface area contributed by atoms with Gasteiger partial charge >= 0.3 is 0 Å². The maximum absolute atomic E-state index is 13.2. The molecule has 1 aliphatic heterocycles. The molecule has 0 amide bonds. The molecular formula is C14H17FO2. The van der Waals surface area contributed by atoms with Crippen LogP contribution in [-0.2, 0) is 0 Å². The van der Waals surface area contributed by atoms with Crippen LogP contribution in [-0.4, -0.2) is 12.4 Å². The fraction of sp³-hybridized carbons (Fsp3) is 0.357. The van der Waals surface area contributed by atoms with E-state index in [1.807, 2.05) is 26.0 Å². The highest BCUT2D eigenvalue weighted by Gasteiger charge is 2.14. The minimum Gasteiger partial charge on any atom is -0.493 e. The average molecular weight is 236 g/mol. The molecular weight excluding hydrogens is 219 g/mol. The maximum Gasteiger partial charge on any atom is 0.160 e. The Morgan fingerprint density at radius 1 is 1.35 bits per heavy atom. The van der Waals surface area contributed by atoms with Crippen molar-refractivity contribution in [3.8, 4) is 5.75 Å². The Labute approximate surface area is 101 Å². The summed E-state index contributed by atoms with van der Waals surface area (Å²) in [6.45, 7) is 5.94. The zero-order chi connectivity index (χ0) is 12.8. The normalized spacial score (nSPS) is 12.7. The number of carbonyl (C=O) groups excluding carboxylic acids is 1. The van der Waals surface area contributed by atoms with Gasteiger partial charge in [0.05, 0.1) is 6.61 Å². The third kappa shape index (κ3) is 3.16. The van der Waals surface area contributed by atoms with Crippen LogP contribution in [0.4, 0.5) is 4.39 Å². The molecule has 1 aromatic carbocycles. The average Bonchev–Trinajstić information content (AvgIpc) is 2.55. The van der Waals surface area contributed by atoms with Gasteiger partial charge in [0.2, 0.25) is 0 Å². The van der Waals surface area contributed by atoms with Crippen molar-refractivity contribution < 1.29 is 13.9 Å². The molecule has 0 saturated heterocycles. The SMILES string of the molecule is CC.CC(=O)c1cc(F)cc2c1C=CCCO2. The van der Waals surface area contributed by atoms with Crippen LogP contribution in [0, 0.1) is 5.82 Å². The van der Waals surface area contributed by atoms with Crippen molar-refractivity contribution in [2.75, 3.05) is 6.61 Å². The van der Waals surface area contributed by atoms with Crippen LogP contribution >= 0.6 is 0 Å². The summed E-state index contributed by atoms with van der Waals surface area (Å²) < 4.78 is 18.6. The molecule has 0 N–H and O–H groups in total. The summed E-state index contributed by atoms with van der Waals surface area (Å²) in [5, 5.41) is 0.